The van der Waals surface area contributed by atoms with Crippen molar-refractivity contribution in [1.29, 1.82) is 0 Å². The van der Waals surface area contributed by atoms with Crippen molar-refractivity contribution in [1.82, 2.24) is 9.97 Å². The Labute approximate surface area is 129 Å². The van der Waals surface area contributed by atoms with E-state index in [0.29, 0.717) is 10.2 Å². The maximum absolute atomic E-state index is 5.86. The van der Waals surface area contributed by atoms with Gasteiger partial charge >= 0.3 is 0 Å². The topological polar surface area (TPSA) is 63.8 Å². The molecule has 0 saturated carbocycles. The summed E-state index contributed by atoms with van der Waals surface area (Å²) < 4.78 is 0. The minimum absolute atomic E-state index is 0.567. The summed E-state index contributed by atoms with van der Waals surface area (Å²) in [5, 5.41) is 7.36. The highest BCUT2D eigenvalue weighted by molar-refractivity contribution is 7.19. The monoisotopic (exact) mass is 322 g/mol. The van der Waals surface area contributed by atoms with Crippen molar-refractivity contribution in [2.75, 3.05) is 11.1 Å². The summed E-state index contributed by atoms with van der Waals surface area (Å²) in [6, 6.07) is 7.51. The SMILES string of the molecule is Cc1nc(N)sc1-c1csc(Nc2ccc(Cl)cc2)n1. The molecular weight excluding hydrogens is 312 g/mol. The average Bonchev–Trinajstić information content (AvgIpc) is 2.99. The third-order valence-corrected chi connectivity index (χ3v) is 4.66. The number of nitrogen functional groups attached to an aromatic ring is 1. The van der Waals surface area contributed by atoms with Crippen LogP contribution in [0.15, 0.2) is 29.6 Å². The van der Waals surface area contributed by atoms with Crippen molar-refractivity contribution in [3.05, 3.63) is 40.4 Å². The maximum atomic E-state index is 5.86. The van der Waals surface area contributed by atoms with E-state index in [-0.39, 0.29) is 0 Å². The fourth-order valence-corrected chi connectivity index (χ4v) is 3.46. The fraction of sp³-hybridized carbons (Fsp3) is 0.0769. The molecule has 0 aliphatic heterocycles. The van der Waals surface area contributed by atoms with Crippen molar-refractivity contribution >= 4 is 50.2 Å². The summed E-state index contributed by atoms with van der Waals surface area (Å²) in [5.74, 6) is 0. The molecule has 20 heavy (non-hydrogen) atoms. The second kappa shape index (κ2) is 5.40. The summed E-state index contributed by atoms with van der Waals surface area (Å²) in [6.45, 7) is 1.94. The number of nitrogens with zero attached hydrogens (tertiary/aromatic N) is 2. The number of rotatable bonds is 3. The van der Waals surface area contributed by atoms with E-state index in [4.69, 9.17) is 17.3 Å². The fourth-order valence-electron chi connectivity index (χ4n) is 1.75. The number of nitrogens with two attached hydrogens (primary N) is 1. The lowest BCUT2D eigenvalue weighted by Gasteiger charge is -2.01. The standard InChI is InChI=1S/C13H11ClN4S2/c1-7-11(20-12(15)16-7)10-6-19-13(18-10)17-9-4-2-8(14)3-5-9/h2-6H,1H3,(H2,15,16)(H,17,18). The number of hydrogen-bond acceptors (Lipinski definition) is 6. The summed E-state index contributed by atoms with van der Waals surface area (Å²) in [7, 11) is 0. The highest BCUT2D eigenvalue weighted by Crippen LogP contribution is 2.34. The molecule has 102 valence electrons. The van der Waals surface area contributed by atoms with Crippen LogP contribution in [0, 0.1) is 6.92 Å². The Bertz CT molecular complexity index is 733. The zero-order valence-electron chi connectivity index (χ0n) is 10.6. The van der Waals surface area contributed by atoms with Gasteiger partial charge in [-0.3, -0.25) is 0 Å². The quantitative estimate of drug-likeness (QED) is 0.742. The number of thiazole rings is 2. The lowest BCUT2D eigenvalue weighted by Crippen LogP contribution is -1.88. The Balaban J connectivity index is 1.83. The summed E-state index contributed by atoms with van der Waals surface area (Å²) in [5.41, 5.74) is 8.48. The van der Waals surface area contributed by atoms with Gasteiger partial charge in [-0.05, 0) is 31.2 Å². The van der Waals surface area contributed by atoms with E-state index in [1.54, 1.807) is 11.3 Å². The number of aryl methyl sites for hydroxylation is 1. The van der Waals surface area contributed by atoms with E-state index in [1.807, 2.05) is 36.6 Å². The largest absolute Gasteiger partial charge is 0.375 e. The summed E-state index contributed by atoms with van der Waals surface area (Å²) in [6.07, 6.45) is 0. The van der Waals surface area contributed by atoms with Crippen molar-refractivity contribution in [3.63, 3.8) is 0 Å². The molecule has 0 bridgehead atoms. The van der Waals surface area contributed by atoms with Crippen LogP contribution >= 0.6 is 34.3 Å². The van der Waals surface area contributed by atoms with E-state index in [1.165, 1.54) is 11.3 Å². The van der Waals surface area contributed by atoms with Gasteiger partial charge in [-0.2, -0.15) is 0 Å². The Hall–Kier alpha value is -1.63. The number of hydrogen-bond donors (Lipinski definition) is 2. The van der Waals surface area contributed by atoms with Crippen molar-refractivity contribution in [3.8, 4) is 10.6 Å². The van der Waals surface area contributed by atoms with Crippen LogP contribution in [0.4, 0.5) is 16.0 Å². The molecular formula is C13H11ClN4S2. The first-order valence-electron chi connectivity index (χ1n) is 5.83. The van der Waals surface area contributed by atoms with Gasteiger partial charge in [0.25, 0.3) is 0 Å². The molecule has 7 heteroatoms. The number of nitrogens with one attached hydrogen (secondary N) is 1. The molecule has 4 nitrogen and oxygen atoms in total. The second-order valence-electron chi connectivity index (χ2n) is 4.14. The normalized spacial score (nSPS) is 10.7. The molecule has 2 aromatic heterocycles. The van der Waals surface area contributed by atoms with Crippen LogP contribution in [0.2, 0.25) is 5.02 Å². The molecule has 0 atom stereocenters. The van der Waals surface area contributed by atoms with Gasteiger partial charge in [-0.25, -0.2) is 9.97 Å². The third-order valence-electron chi connectivity index (χ3n) is 2.65. The molecule has 0 radical (unpaired) electrons. The molecule has 0 aliphatic rings. The van der Waals surface area contributed by atoms with E-state index in [0.717, 1.165) is 27.1 Å². The number of halogens is 1. The first-order valence-corrected chi connectivity index (χ1v) is 7.90. The first kappa shape index (κ1) is 13.4. The van der Waals surface area contributed by atoms with Gasteiger partial charge in [-0.1, -0.05) is 22.9 Å². The molecule has 3 rings (SSSR count). The first-order chi connectivity index (χ1) is 9.61. The Morgan fingerprint density at radius 1 is 1.20 bits per heavy atom. The van der Waals surface area contributed by atoms with E-state index in [2.05, 4.69) is 15.3 Å². The lowest BCUT2D eigenvalue weighted by atomic mass is 10.3. The zero-order valence-corrected chi connectivity index (χ0v) is 12.9. The van der Waals surface area contributed by atoms with Crippen LogP contribution in [-0.2, 0) is 0 Å². The van der Waals surface area contributed by atoms with Gasteiger partial charge in [0.2, 0.25) is 0 Å². The molecule has 3 N–H and O–H groups in total. The molecule has 1 aromatic carbocycles. The van der Waals surface area contributed by atoms with Crippen LogP contribution < -0.4 is 11.1 Å². The van der Waals surface area contributed by atoms with Crippen molar-refractivity contribution < 1.29 is 0 Å². The van der Waals surface area contributed by atoms with Gasteiger partial charge < -0.3 is 11.1 Å². The van der Waals surface area contributed by atoms with E-state index >= 15 is 0 Å². The molecule has 0 amide bonds. The Kier molecular flexibility index (Phi) is 3.60. The number of aromatic nitrogens is 2. The van der Waals surface area contributed by atoms with Crippen LogP contribution in [0.5, 0.6) is 0 Å². The van der Waals surface area contributed by atoms with Crippen molar-refractivity contribution in [2.45, 2.75) is 6.92 Å². The molecule has 0 spiro atoms. The zero-order chi connectivity index (χ0) is 14.1. The molecule has 0 fully saturated rings. The Morgan fingerprint density at radius 2 is 1.95 bits per heavy atom. The molecule has 0 aliphatic carbocycles. The Morgan fingerprint density at radius 3 is 2.60 bits per heavy atom. The summed E-state index contributed by atoms with van der Waals surface area (Å²) in [4.78, 5) is 9.79. The van der Waals surface area contributed by atoms with Crippen LogP contribution in [-0.4, -0.2) is 9.97 Å². The smallest absolute Gasteiger partial charge is 0.187 e. The van der Waals surface area contributed by atoms with Gasteiger partial charge in [0.1, 0.15) is 0 Å². The average molecular weight is 323 g/mol. The van der Waals surface area contributed by atoms with Gasteiger partial charge in [0, 0.05) is 16.1 Å². The summed E-state index contributed by atoms with van der Waals surface area (Å²) >= 11 is 8.86. The third kappa shape index (κ3) is 2.77. The predicted molar refractivity (Wildman–Crippen MR) is 87.1 cm³/mol. The van der Waals surface area contributed by atoms with Crippen molar-refractivity contribution in [2.24, 2.45) is 0 Å². The predicted octanol–water partition coefficient (Wildman–Crippen LogP) is 4.55. The minimum Gasteiger partial charge on any atom is -0.375 e. The highest BCUT2D eigenvalue weighted by atomic mass is 35.5. The van der Waals surface area contributed by atoms with Crippen LogP contribution in [0.1, 0.15) is 5.69 Å². The van der Waals surface area contributed by atoms with Crippen LogP contribution in [0.3, 0.4) is 0 Å². The molecule has 3 aromatic rings. The molecule has 2 heterocycles. The number of anilines is 3. The van der Waals surface area contributed by atoms with Gasteiger partial charge in [-0.15, -0.1) is 11.3 Å². The second-order valence-corrected chi connectivity index (χ2v) is 6.46. The van der Waals surface area contributed by atoms with E-state index in [9.17, 15) is 0 Å². The van der Waals surface area contributed by atoms with E-state index < -0.39 is 0 Å². The highest BCUT2D eigenvalue weighted by Gasteiger charge is 2.11. The lowest BCUT2D eigenvalue weighted by molar-refractivity contribution is 1.26. The van der Waals surface area contributed by atoms with Gasteiger partial charge in [0.15, 0.2) is 10.3 Å². The van der Waals surface area contributed by atoms with Crippen LogP contribution in [0.25, 0.3) is 10.6 Å². The maximum Gasteiger partial charge on any atom is 0.187 e. The molecule has 0 unspecified atom stereocenters. The number of benzene rings is 1. The van der Waals surface area contributed by atoms with Gasteiger partial charge in [0.05, 0.1) is 16.3 Å². The molecule has 0 saturated heterocycles. The minimum atomic E-state index is 0.567.